The molecule has 1 heterocycles. The Morgan fingerprint density at radius 2 is 2.06 bits per heavy atom. The van der Waals surface area contributed by atoms with Crippen molar-refractivity contribution in [2.75, 3.05) is 33.7 Å². The second kappa shape index (κ2) is 8.32. The van der Waals surface area contributed by atoms with Gasteiger partial charge in [-0.05, 0) is 31.7 Å². The van der Waals surface area contributed by atoms with Gasteiger partial charge in [0.25, 0.3) is 0 Å². The minimum Gasteiger partial charge on any atom is -0.348 e. The fourth-order valence-electron chi connectivity index (χ4n) is 2.16. The predicted molar refractivity (Wildman–Crippen MR) is 73.5 cm³/mol. The molecule has 0 aromatic heterocycles. The molecule has 0 aromatic rings. The average Bonchev–Trinajstić information content (AvgIpc) is 2.29. The Morgan fingerprint density at radius 1 is 1.39 bits per heavy atom. The van der Waals surface area contributed by atoms with Crippen molar-refractivity contribution in [3.8, 4) is 0 Å². The van der Waals surface area contributed by atoms with Crippen molar-refractivity contribution in [1.29, 1.82) is 0 Å². The number of hydrogen-bond acceptors (Lipinski definition) is 3. The maximum absolute atomic E-state index is 11.9. The molecule has 5 nitrogen and oxygen atoms in total. The lowest BCUT2D eigenvalue weighted by Gasteiger charge is -2.32. The molecule has 6 heteroatoms. The summed E-state index contributed by atoms with van der Waals surface area (Å²) in [4.78, 5) is 26.6. The largest absolute Gasteiger partial charge is 0.348 e. The number of piperidine rings is 1. The van der Waals surface area contributed by atoms with Crippen LogP contribution < -0.4 is 5.73 Å². The van der Waals surface area contributed by atoms with E-state index in [2.05, 4.69) is 0 Å². The number of carbonyl (C=O) groups excluding carboxylic acids is 2. The van der Waals surface area contributed by atoms with Crippen LogP contribution in [0.2, 0.25) is 0 Å². The summed E-state index contributed by atoms with van der Waals surface area (Å²) in [5, 5.41) is 0. The van der Waals surface area contributed by atoms with Crippen LogP contribution >= 0.6 is 12.4 Å². The molecular weight excluding hydrogens is 254 g/mol. The van der Waals surface area contributed by atoms with Crippen LogP contribution in [0.3, 0.4) is 0 Å². The average molecular weight is 278 g/mol. The number of nitrogens with two attached hydrogens (primary N) is 1. The summed E-state index contributed by atoms with van der Waals surface area (Å²) in [7, 11) is 3.34. The van der Waals surface area contributed by atoms with Crippen molar-refractivity contribution in [3.05, 3.63) is 0 Å². The van der Waals surface area contributed by atoms with Crippen molar-refractivity contribution in [1.82, 2.24) is 9.80 Å². The molecule has 1 unspecified atom stereocenters. The molecule has 0 radical (unpaired) electrons. The van der Waals surface area contributed by atoms with E-state index in [1.54, 1.807) is 14.1 Å². The molecule has 0 bridgehead atoms. The van der Waals surface area contributed by atoms with Crippen LogP contribution in [-0.4, -0.2) is 55.3 Å². The van der Waals surface area contributed by atoms with E-state index in [9.17, 15) is 9.59 Å². The van der Waals surface area contributed by atoms with Crippen LogP contribution in [-0.2, 0) is 9.59 Å². The molecule has 0 aliphatic carbocycles. The fourth-order valence-corrected chi connectivity index (χ4v) is 2.16. The Labute approximate surface area is 115 Å². The van der Waals surface area contributed by atoms with Gasteiger partial charge in [-0.25, -0.2) is 0 Å². The molecule has 0 saturated carbocycles. The highest BCUT2D eigenvalue weighted by molar-refractivity contribution is 5.96. The molecule has 1 fully saturated rings. The Kier molecular flexibility index (Phi) is 7.95. The van der Waals surface area contributed by atoms with Gasteiger partial charge in [-0.2, -0.15) is 0 Å². The molecule has 1 atom stereocenters. The van der Waals surface area contributed by atoms with E-state index >= 15 is 0 Å². The maximum atomic E-state index is 11.9. The second-order valence-corrected chi connectivity index (χ2v) is 4.89. The normalized spacial score (nSPS) is 19.1. The van der Waals surface area contributed by atoms with Gasteiger partial charge in [0, 0.05) is 27.2 Å². The third-order valence-corrected chi connectivity index (χ3v) is 3.25. The van der Waals surface area contributed by atoms with Gasteiger partial charge >= 0.3 is 0 Å². The number of nitrogens with zero attached hydrogens (tertiary/aromatic N) is 2. The van der Waals surface area contributed by atoms with Gasteiger partial charge in [0.1, 0.15) is 6.42 Å². The van der Waals surface area contributed by atoms with E-state index in [-0.39, 0.29) is 30.6 Å². The first kappa shape index (κ1) is 17.2. The lowest BCUT2D eigenvalue weighted by Crippen LogP contribution is -2.42. The van der Waals surface area contributed by atoms with Crippen LogP contribution in [0.25, 0.3) is 0 Å². The molecule has 1 saturated heterocycles. The highest BCUT2D eigenvalue weighted by atomic mass is 35.5. The summed E-state index contributed by atoms with van der Waals surface area (Å²) >= 11 is 0. The predicted octanol–water partition coefficient (Wildman–Crippen LogP) is 0.474. The highest BCUT2D eigenvalue weighted by Crippen LogP contribution is 2.19. The number of rotatable bonds is 4. The zero-order valence-corrected chi connectivity index (χ0v) is 12.0. The van der Waals surface area contributed by atoms with Crippen molar-refractivity contribution in [3.63, 3.8) is 0 Å². The topological polar surface area (TPSA) is 66.6 Å². The lowest BCUT2D eigenvalue weighted by molar-refractivity contribution is -0.140. The van der Waals surface area contributed by atoms with Crippen LogP contribution in [0.15, 0.2) is 0 Å². The summed E-state index contributed by atoms with van der Waals surface area (Å²) in [6.45, 7) is 2.21. The second-order valence-electron chi connectivity index (χ2n) is 4.89. The molecule has 1 aliphatic rings. The number of amides is 2. The summed E-state index contributed by atoms with van der Waals surface area (Å²) < 4.78 is 0. The molecule has 106 valence electrons. The van der Waals surface area contributed by atoms with E-state index in [0.29, 0.717) is 12.5 Å². The minimum absolute atomic E-state index is 0. The summed E-state index contributed by atoms with van der Waals surface area (Å²) in [5.74, 6) is 0.327. The molecule has 2 amide bonds. The molecule has 1 rings (SSSR count). The lowest BCUT2D eigenvalue weighted by atomic mass is 9.94. The van der Waals surface area contributed by atoms with E-state index in [1.165, 1.54) is 4.90 Å². The van der Waals surface area contributed by atoms with Gasteiger partial charge in [-0.1, -0.05) is 0 Å². The monoisotopic (exact) mass is 277 g/mol. The Balaban J connectivity index is 0.00000289. The number of carbonyl (C=O) groups is 2. The van der Waals surface area contributed by atoms with E-state index in [0.717, 1.165) is 32.4 Å². The third kappa shape index (κ3) is 5.23. The smallest absolute Gasteiger partial charge is 0.232 e. The van der Waals surface area contributed by atoms with Crippen molar-refractivity contribution >= 4 is 24.2 Å². The fraction of sp³-hybridized carbons (Fsp3) is 0.833. The van der Waals surface area contributed by atoms with Gasteiger partial charge in [0.2, 0.25) is 11.8 Å². The third-order valence-electron chi connectivity index (χ3n) is 3.25. The number of likely N-dealkylation sites (tertiary alicyclic amines) is 1. The van der Waals surface area contributed by atoms with Gasteiger partial charge in [-0.3, -0.25) is 9.59 Å². The molecule has 0 spiro atoms. The standard InChI is InChI=1S/C12H23N3O2.ClH/c1-14(2)11(16)8-12(17)15-7-3-4-10(9-15)5-6-13;/h10H,3-9,13H2,1-2H3;1H. The molecule has 0 aromatic carbocycles. The summed E-state index contributed by atoms with van der Waals surface area (Å²) in [6, 6.07) is 0. The van der Waals surface area contributed by atoms with Crippen LogP contribution in [0, 0.1) is 5.92 Å². The van der Waals surface area contributed by atoms with Crippen molar-refractivity contribution < 1.29 is 9.59 Å². The highest BCUT2D eigenvalue weighted by Gasteiger charge is 2.24. The van der Waals surface area contributed by atoms with Gasteiger partial charge in [0.15, 0.2) is 0 Å². The molecule has 1 aliphatic heterocycles. The number of hydrogen-bond donors (Lipinski definition) is 1. The molecule has 18 heavy (non-hydrogen) atoms. The first-order valence-electron chi connectivity index (χ1n) is 6.22. The molecular formula is C12H24ClN3O2. The maximum Gasteiger partial charge on any atom is 0.232 e. The Bertz CT molecular complexity index is 282. The van der Waals surface area contributed by atoms with Crippen molar-refractivity contribution in [2.24, 2.45) is 11.7 Å². The van der Waals surface area contributed by atoms with Crippen molar-refractivity contribution in [2.45, 2.75) is 25.7 Å². The van der Waals surface area contributed by atoms with Crippen LogP contribution in [0.1, 0.15) is 25.7 Å². The van der Waals surface area contributed by atoms with E-state index in [4.69, 9.17) is 5.73 Å². The van der Waals surface area contributed by atoms with Gasteiger partial charge < -0.3 is 15.5 Å². The zero-order valence-electron chi connectivity index (χ0n) is 11.2. The van der Waals surface area contributed by atoms with Gasteiger partial charge in [0.05, 0.1) is 0 Å². The summed E-state index contributed by atoms with van der Waals surface area (Å²) in [6.07, 6.45) is 3.11. The van der Waals surface area contributed by atoms with Crippen LogP contribution in [0.4, 0.5) is 0 Å². The van der Waals surface area contributed by atoms with E-state index in [1.807, 2.05) is 4.90 Å². The molecule has 2 N–H and O–H groups in total. The van der Waals surface area contributed by atoms with E-state index < -0.39 is 0 Å². The Morgan fingerprint density at radius 3 is 2.61 bits per heavy atom. The summed E-state index contributed by atoms with van der Waals surface area (Å²) in [5.41, 5.74) is 5.54. The first-order valence-corrected chi connectivity index (χ1v) is 6.22. The SMILES string of the molecule is CN(C)C(=O)CC(=O)N1CCCC(CCN)C1.Cl. The first-order chi connectivity index (χ1) is 8.04. The van der Waals surface area contributed by atoms with Gasteiger partial charge in [-0.15, -0.1) is 12.4 Å². The zero-order chi connectivity index (χ0) is 12.8. The minimum atomic E-state index is -0.129. The quantitative estimate of drug-likeness (QED) is 0.760. The number of halogens is 1. The Hall–Kier alpha value is -0.810. The van der Waals surface area contributed by atoms with Crippen LogP contribution in [0.5, 0.6) is 0 Å².